The van der Waals surface area contributed by atoms with Crippen LogP contribution >= 0.6 is 0 Å². The monoisotopic (exact) mass is 358 g/mol. The molecule has 26 heavy (non-hydrogen) atoms. The minimum absolute atomic E-state index is 0.0831. The highest BCUT2D eigenvalue weighted by atomic mass is 16.5. The summed E-state index contributed by atoms with van der Waals surface area (Å²) in [5, 5.41) is 16.2. The molecule has 8 nitrogen and oxygen atoms in total. The lowest BCUT2D eigenvalue weighted by atomic mass is 10.0. The Bertz CT molecular complexity index is 783. The smallest absolute Gasteiger partial charge is 0.254 e. The van der Waals surface area contributed by atoms with Crippen molar-refractivity contribution in [2.75, 3.05) is 31.1 Å². The van der Waals surface area contributed by atoms with Crippen molar-refractivity contribution in [1.82, 2.24) is 15.5 Å². The molecule has 4 aliphatic rings. The molecule has 2 fully saturated rings. The number of carbonyl (C=O) groups excluding carboxylic acids is 2. The van der Waals surface area contributed by atoms with E-state index in [1.54, 1.807) is 4.90 Å². The first kappa shape index (κ1) is 15.9. The zero-order valence-corrected chi connectivity index (χ0v) is 14.4. The number of amides is 2. The number of aliphatic hydroxyl groups excluding tert-OH is 1. The number of hydrogen-bond donors (Lipinski definition) is 3. The zero-order chi connectivity index (χ0) is 17.8. The van der Waals surface area contributed by atoms with Crippen LogP contribution in [0.15, 0.2) is 12.1 Å². The summed E-state index contributed by atoms with van der Waals surface area (Å²) < 4.78 is 5.95. The van der Waals surface area contributed by atoms with E-state index in [2.05, 4.69) is 15.5 Å². The van der Waals surface area contributed by atoms with Crippen molar-refractivity contribution in [2.45, 2.75) is 37.7 Å². The summed E-state index contributed by atoms with van der Waals surface area (Å²) in [4.78, 5) is 28.5. The van der Waals surface area contributed by atoms with E-state index in [0.717, 1.165) is 36.6 Å². The van der Waals surface area contributed by atoms with Gasteiger partial charge in [-0.05, 0) is 18.6 Å². The topological polar surface area (TPSA) is 94.1 Å². The SMILES string of the molecule is O=C1CC[C@H](N2Cc3c(ccc4c3N3CCNC[C@H]3CO4)C2=O)C(O)N1. The van der Waals surface area contributed by atoms with Crippen LogP contribution in [0.2, 0.25) is 0 Å². The largest absolute Gasteiger partial charge is 0.489 e. The maximum Gasteiger partial charge on any atom is 0.254 e. The lowest BCUT2D eigenvalue weighted by molar-refractivity contribution is -0.129. The molecule has 0 bridgehead atoms. The van der Waals surface area contributed by atoms with Crippen LogP contribution < -0.4 is 20.3 Å². The van der Waals surface area contributed by atoms with Gasteiger partial charge in [-0.15, -0.1) is 0 Å². The maximum atomic E-state index is 13.0. The number of nitrogens with one attached hydrogen (secondary N) is 2. The van der Waals surface area contributed by atoms with Crippen molar-refractivity contribution in [3.63, 3.8) is 0 Å². The fraction of sp³-hybridized carbons (Fsp3) is 0.556. The summed E-state index contributed by atoms with van der Waals surface area (Å²) in [6.45, 7) is 3.74. The summed E-state index contributed by atoms with van der Waals surface area (Å²) in [5.41, 5.74) is 2.67. The molecule has 0 aliphatic carbocycles. The second-order valence-corrected chi connectivity index (χ2v) is 7.35. The van der Waals surface area contributed by atoms with E-state index in [0.29, 0.717) is 31.6 Å². The third-order valence-electron chi connectivity index (χ3n) is 5.87. The van der Waals surface area contributed by atoms with Gasteiger partial charge in [0, 0.05) is 43.7 Å². The quantitative estimate of drug-likeness (QED) is 0.621. The van der Waals surface area contributed by atoms with Gasteiger partial charge in [-0.3, -0.25) is 9.59 Å². The molecule has 0 spiro atoms. The van der Waals surface area contributed by atoms with Crippen LogP contribution in [0, 0.1) is 0 Å². The van der Waals surface area contributed by atoms with Crippen LogP contribution in [0.25, 0.3) is 0 Å². The highest BCUT2D eigenvalue weighted by Crippen LogP contribution is 2.43. The molecular weight excluding hydrogens is 336 g/mol. The standard InChI is InChI=1S/C18H22N4O4/c23-15-4-2-13(17(24)20-15)22-8-12-11(18(22)25)1-3-14-16(12)21-6-5-19-7-10(21)9-26-14/h1,3,10,13,17,19,24H,2,4-9H2,(H,20,23)/t10-,13-,17?/m0/s1. The summed E-state index contributed by atoms with van der Waals surface area (Å²) in [5.74, 6) is 0.571. The highest BCUT2D eigenvalue weighted by molar-refractivity contribution is 6.01. The molecule has 8 heteroatoms. The first-order valence-corrected chi connectivity index (χ1v) is 9.18. The molecule has 3 atom stereocenters. The molecule has 2 amide bonds. The molecule has 4 heterocycles. The predicted octanol–water partition coefficient (Wildman–Crippen LogP) is -0.590. The number of benzene rings is 1. The van der Waals surface area contributed by atoms with Gasteiger partial charge in [-0.1, -0.05) is 0 Å². The van der Waals surface area contributed by atoms with Crippen LogP contribution in [-0.2, 0) is 11.3 Å². The molecule has 0 saturated carbocycles. The molecule has 4 aliphatic heterocycles. The van der Waals surface area contributed by atoms with E-state index < -0.39 is 12.3 Å². The number of ether oxygens (including phenoxy) is 1. The summed E-state index contributed by atoms with van der Waals surface area (Å²) in [6, 6.07) is 3.58. The molecule has 1 aromatic rings. The molecule has 0 radical (unpaired) electrons. The van der Waals surface area contributed by atoms with E-state index in [-0.39, 0.29) is 17.9 Å². The normalized spacial score (nSPS) is 30.3. The van der Waals surface area contributed by atoms with Gasteiger partial charge < -0.3 is 30.3 Å². The Hall–Kier alpha value is -2.32. The number of fused-ring (bicyclic) bond motifs is 5. The molecule has 1 aromatic carbocycles. The van der Waals surface area contributed by atoms with Gasteiger partial charge in [-0.25, -0.2) is 0 Å². The molecule has 2 saturated heterocycles. The number of aliphatic hydroxyl groups is 1. The van der Waals surface area contributed by atoms with Gasteiger partial charge in [0.05, 0.1) is 17.8 Å². The number of rotatable bonds is 1. The maximum absolute atomic E-state index is 13.0. The zero-order valence-electron chi connectivity index (χ0n) is 14.4. The number of piperazine rings is 1. The van der Waals surface area contributed by atoms with Gasteiger partial charge in [0.25, 0.3) is 5.91 Å². The van der Waals surface area contributed by atoms with Gasteiger partial charge >= 0.3 is 0 Å². The predicted molar refractivity (Wildman–Crippen MR) is 93.0 cm³/mol. The van der Waals surface area contributed by atoms with Crippen molar-refractivity contribution in [3.8, 4) is 5.75 Å². The fourth-order valence-electron chi connectivity index (χ4n) is 4.56. The van der Waals surface area contributed by atoms with E-state index in [9.17, 15) is 14.7 Å². The molecular formula is C18H22N4O4. The summed E-state index contributed by atoms with van der Waals surface area (Å²) >= 11 is 0. The van der Waals surface area contributed by atoms with Gasteiger partial charge in [-0.2, -0.15) is 0 Å². The van der Waals surface area contributed by atoms with E-state index in [1.807, 2.05) is 12.1 Å². The average molecular weight is 358 g/mol. The molecule has 5 rings (SSSR count). The Morgan fingerprint density at radius 1 is 1.23 bits per heavy atom. The minimum atomic E-state index is -1.02. The summed E-state index contributed by atoms with van der Waals surface area (Å²) in [6.07, 6.45) is -0.224. The van der Waals surface area contributed by atoms with Crippen molar-refractivity contribution in [3.05, 3.63) is 23.3 Å². The Balaban J connectivity index is 1.50. The lowest BCUT2D eigenvalue weighted by Crippen LogP contribution is -2.56. The minimum Gasteiger partial charge on any atom is -0.489 e. The fourth-order valence-corrected chi connectivity index (χ4v) is 4.56. The Kier molecular flexibility index (Phi) is 3.58. The Morgan fingerprint density at radius 2 is 2.12 bits per heavy atom. The van der Waals surface area contributed by atoms with Crippen LogP contribution in [0.5, 0.6) is 5.75 Å². The summed E-state index contributed by atoms with van der Waals surface area (Å²) in [7, 11) is 0. The first-order valence-electron chi connectivity index (χ1n) is 9.18. The van der Waals surface area contributed by atoms with E-state index in [1.165, 1.54) is 0 Å². The third kappa shape index (κ3) is 2.29. The average Bonchev–Trinajstić information content (AvgIpc) is 2.98. The van der Waals surface area contributed by atoms with Crippen molar-refractivity contribution < 1.29 is 19.4 Å². The number of carbonyl (C=O) groups is 2. The van der Waals surface area contributed by atoms with Crippen molar-refractivity contribution >= 4 is 17.5 Å². The van der Waals surface area contributed by atoms with Gasteiger partial charge in [0.15, 0.2) is 0 Å². The Morgan fingerprint density at radius 3 is 2.96 bits per heavy atom. The third-order valence-corrected chi connectivity index (χ3v) is 5.87. The molecule has 3 N–H and O–H groups in total. The van der Waals surface area contributed by atoms with Crippen LogP contribution in [-0.4, -0.2) is 66.4 Å². The number of piperidine rings is 1. The van der Waals surface area contributed by atoms with Crippen LogP contribution in [0.1, 0.15) is 28.8 Å². The first-order chi connectivity index (χ1) is 12.6. The number of nitrogens with zero attached hydrogens (tertiary/aromatic N) is 2. The molecule has 0 aromatic heterocycles. The van der Waals surface area contributed by atoms with E-state index >= 15 is 0 Å². The number of anilines is 1. The van der Waals surface area contributed by atoms with Crippen LogP contribution in [0.4, 0.5) is 5.69 Å². The van der Waals surface area contributed by atoms with Crippen molar-refractivity contribution in [1.29, 1.82) is 0 Å². The van der Waals surface area contributed by atoms with Crippen LogP contribution in [0.3, 0.4) is 0 Å². The second-order valence-electron chi connectivity index (χ2n) is 7.35. The van der Waals surface area contributed by atoms with Gasteiger partial charge in [0.1, 0.15) is 18.6 Å². The molecule has 1 unspecified atom stereocenters. The second kappa shape index (κ2) is 5.85. The number of hydrogen-bond acceptors (Lipinski definition) is 6. The Labute approximate surface area is 151 Å². The van der Waals surface area contributed by atoms with Crippen molar-refractivity contribution in [2.24, 2.45) is 0 Å². The lowest BCUT2D eigenvalue weighted by Gasteiger charge is -2.43. The molecule has 138 valence electrons. The van der Waals surface area contributed by atoms with Gasteiger partial charge in [0.2, 0.25) is 5.91 Å². The van der Waals surface area contributed by atoms with E-state index in [4.69, 9.17) is 4.74 Å². The highest BCUT2D eigenvalue weighted by Gasteiger charge is 2.42.